The molecule has 8 nitrogen and oxygen atoms in total. The van der Waals surface area contributed by atoms with Crippen molar-refractivity contribution in [2.24, 2.45) is 7.05 Å². The lowest BCUT2D eigenvalue weighted by Crippen LogP contribution is -2.30. The van der Waals surface area contributed by atoms with Gasteiger partial charge in [-0.1, -0.05) is 6.07 Å². The van der Waals surface area contributed by atoms with Crippen LogP contribution in [0.2, 0.25) is 0 Å². The minimum absolute atomic E-state index is 0.151. The van der Waals surface area contributed by atoms with E-state index in [4.69, 9.17) is 0 Å². The van der Waals surface area contributed by atoms with Crippen LogP contribution in [0.4, 0.5) is 11.8 Å². The summed E-state index contributed by atoms with van der Waals surface area (Å²) in [5, 5.41) is 15.6. The Kier molecular flexibility index (Phi) is 6.02. The van der Waals surface area contributed by atoms with E-state index in [1.165, 1.54) is 0 Å². The number of thiophene rings is 1. The van der Waals surface area contributed by atoms with Crippen molar-refractivity contribution in [3.63, 3.8) is 0 Å². The highest BCUT2D eigenvalue weighted by molar-refractivity contribution is 7.13. The third-order valence-electron chi connectivity index (χ3n) is 3.79. The Morgan fingerprint density at radius 3 is 2.81 bits per heavy atom. The lowest BCUT2D eigenvalue weighted by Gasteiger charge is -2.10. The van der Waals surface area contributed by atoms with Gasteiger partial charge in [-0.05, 0) is 31.4 Å². The normalized spacial score (nSPS) is 10.6. The number of hydrogen-bond acceptors (Lipinski definition) is 7. The van der Waals surface area contributed by atoms with E-state index in [-0.39, 0.29) is 5.91 Å². The molecule has 3 rings (SSSR count). The molecule has 0 spiro atoms. The Morgan fingerprint density at radius 1 is 1.22 bits per heavy atom. The highest BCUT2D eigenvalue weighted by atomic mass is 32.1. The summed E-state index contributed by atoms with van der Waals surface area (Å²) in [6.07, 6.45) is 0. The SMILES string of the molecule is CCNc1nc(C)cc(NCCNC(=O)c2cc(-c3cccs3)nn2C)n1. The number of anilines is 2. The van der Waals surface area contributed by atoms with Crippen LogP contribution in [0.25, 0.3) is 10.6 Å². The van der Waals surface area contributed by atoms with E-state index in [1.807, 2.05) is 43.5 Å². The van der Waals surface area contributed by atoms with Crippen LogP contribution >= 0.6 is 11.3 Å². The number of nitrogens with one attached hydrogen (secondary N) is 3. The largest absolute Gasteiger partial charge is 0.368 e. The number of carbonyl (C=O) groups excluding carboxylic acids is 1. The maximum atomic E-state index is 12.4. The monoisotopic (exact) mass is 385 g/mol. The highest BCUT2D eigenvalue weighted by Crippen LogP contribution is 2.23. The summed E-state index contributed by atoms with van der Waals surface area (Å²) >= 11 is 1.60. The van der Waals surface area contributed by atoms with Gasteiger partial charge in [0, 0.05) is 38.4 Å². The second kappa shape index (κ2) is 8.63. The van der Waals surface area contributed by atoms with Gasteiger partial charge in [0.15, 0.2) is 0 Å². The molecule has 0 saturated carbocycles. The fraction of sp³-hybridized carbons (Fsp3) is 0.333. The van der Waals surface area contributed by atoms with Crippen LogP contribution in [0.1, 0.15) is 23.1 Å². The van der Waals surface area contributed by atoms with Crippen molar-refractivity contribution in [1.82, 2.24) is 25.1 Å². The molecule has 9 heteroatoms. The molecule has 0 saturated heterocycles. The molecule has 0 unspecified atom stereocenters. The van der Waals surface area contributed by atoms with Crippen LogP contribution < -0.4 is 16.0 Å². The van der Waals surface area contributed by atoms with Crippen LogP contribution in [0.3, 0.4) is 0 Å². The molecular weight excluding hydrogens is 362 g/mol. The van der Waals surface area contributed by atoms with E-state index in [1.54, 1.807) is 23.1 Å². The first-order valence-corrected chi connectivity index (χ1v) is 9.64. The predicted octanol–water partition coefficient (Wildman–Crippen LogP) is 2.52. The first kappa shape index (κ1) is 18.8. The number of hydrogen-bond donors (Lipinski definition) is 3. The molecule has 0 fully saturated rings. The number of amides is 1. The van der Waals surface area contributed by atoms with Gasteiger partial charge in [0.05, 0.1) is 4.88 Å². The molecule has 142 valence electrons. The van der Waals surface area contributed by atoms with Gasteiger partial charge in [0.25, 0.3) is 5.91 Å². The van der Waals surface area contributed by atoms with Gasteiger partial charge in [0.1, 0.15) is 17.2 Å². The fourth-order valence-corrected chi connectivity index (χ4v) is 3.26. The summed E-state index contributed by atoms with van der Waals surface area (Å²) in [4.78, 5) is 22.2. The van der Waals surface area contributed by atoms with Crippen molar-refractivity contribution < 1.29 is 4.79 Å². The van der Waals surface area contributed by atoms with Gasteiger partial charge in [-0.2, -0.15) is 10.1 Å². The van der Waals surface area contributed by atoms with Crippen molar-refractivity contribution in [3.8, 4) is 10.6 Å². The predicted molar refractivity (Wildman–Crippen MR) is 108 cm³/mol. The van der Waals surface area contributed by atoms with Crippen molar-refractivity contribution >= 4 is 29.0 Å². The molecule has 3 aromatic heterocycles. The van der Waals surface area contributed by atoms with E-state index in [2.05, 4.69) is 31.0 Å². The number of carbonyl (C=O) groups is 1. The summed E-state index contributed by atoms with van der Waals surface area (Å²) in [5.74, 6) is 1.18. The summed E-state index contributed by atoms with van der Waals surface area (Å²) in [5.41, 5.74) is 2.22. The molecule has 1 amide bonds. The first-order chi connectivity index (χ1) is 13.1. The van der Waals surface area contributed by atoms with E-state index >= 15 is 0 Å². The zero-order valence-electron chi connectivity index (χ0n) is 15.6. The number of aromatic nitrogens is 4. The molecule has 0 radical (unpaired) electrons. The van der Waals surface area contributed by atoms with Crippen LogP contribution in [0, 0.1) is 6.92 Å². The second-order valence-corrected chi connectivity index (χ2v) is 6.89. The van der Waals surface area contributed by atoms with Gasteiger partial charge in [-0.3, -0.25) is 9.48 Å². The van der Waals surface area contributed by atoms with E-state index < -0.39 is 0 Å². The van der Waals surface area contributed by atoms with E-state index in [9.17, 15) is 4.79 Å². The maximum Gasteiger partial charge on any atom is 0.269 e. The number of rotatable bonds is 8. The number of aryl methyl sites for hydroxylation is 2. The van der Waals surface area contributed by atoms with Gasteiger partial charge in [-0.15, -0.1) is 11.3 Å². The fourth-order valence-electron chi connectivity index (χ4n) is 2.58. The standard InChI is InChI=1S/C18H23N7OS/c1-4-19-18-22-12(2)10-16(23-18)20-7-8-21-17(26)14-11-13(24-25(14)3)15-6-5-9-27-15/h5-6,9-11H,4,7-8H2,1-3H3,(H,21,26)(H2,19,20,22,23). The topological polar surface area (TPSA) is 96.8 Å². The minimum atomic E-state index is -0.151. The second-order valence-electron chi connectivity index (χ2n) is 5.95. The zero-order valence-corrected chi connectivity index (χ0v) is 16.4. The molecule has 0 aliphatic heterocycles. The van der Waals surface area contributed by atoms with Crippen LogP contribution in [-0.2, 0) is 7.05 Å². The van der Waals surface area contributed by atoms with Crippen molar-refractivity contribution in [2.45, 2.75) is 13.8 Å². The van der Waals surface area contributed by atoms with Crippen molar-refractivity contribution in [1.29, 1.82) is 0 Å². The Labute approximate surface area is 162 Å². The molecule has 3 aromatic rings. The number of nitrogens with zero attached hydrogens (tertiary/aromatic N) is 4. The smallest absolute Gasteiger partial charge is 0.269 e. The Bertz CT molecular complexity index is 905. The summed E-state index contributed by atoms with van der Waals surface area (Å²) in [6, 6.07) is 7.64. The molecule has 0 aromatic carbocycles. The zero-order chi connectivity index (χ0) is 19.2. The molecule has 27 heavy (non-hydrogen) atoms. The lowest BCUT2D eigenvalue weighted by molar-refractivity contribution is 0.0946. The molecular formula is C18H23N7OS. The van der Waals surface area contributed by atoms with E-state index in [0.29, 0.717) is 24.7 Å². The van der Waals surface area contributed by atoms with Crippen molar-refractivity contribution in [3.05, 3.63) is 41.0 Å². The highest BCUT2D eigenvalue weighted by Gasteiger charge is 2.14. The molecule has 0 bridgehead atoms. The third-order valence-corrected chi connectivity index (χ3v) is 4.68. The first-order valence-electron chi connectivity index (χ1n) is 8.76. The quantitative estimate of drug-likeness (QED) is 0.516. The van der Waals surface area contributed by atoms with Crippen LogP contribution in [0.5, 0.6) is 0 Å². The van der Waals surface area contributed by atoms with E-state index in [0.717, 1.165) is 28.6 Å². The Balaban J connectivity index is 1.53. The van der Waals surface area contributed by atoms with Gasteiger partial charge < -0.3 is 16.0 Å². The van der Waals surface area contributed by atoms with Crippen molar-refractivity contribution in [2.75, 3.05) is 30.3 Å². The molecule has 0 aliphatic carbocycles. The lowest BCUT2D eigenvalue weighted by atomic mass is 10.3. The van der Waals surface area contributed by atoms with Gasteiger partial charge in [0.2, 0.25) is 5.95 Å². The third kappa shape index (κ3) is 4.82. The summed E-state index contributed by atoms with van der Waals surface area (Å²) in [7, 11) is 1.77. The van der Waals surface area contributed by atoms with Gasteiger partial charge in [-0.25, -0.2) is 4.98 Å². The summed E-state index contributed by atoms with van der Waals surface area (Å²) < 4.78 is 1.61. The average Bonchev–Trinajstić information content (AvgIpc) is 3.28. The molecule has 0 atom stereocenters. The summed E-state index contributed by atoms with van der Waals surface area (Å²) in [6.45, 7) is 5.71. The molecule has 0 aliphatic rings. The van der Waals surface area contributed by atoms with Crippen LogP contribution in [0.15, 0.2) is 29.6 Å². The van der Waals surface area contributed by atoms with Crippen LogP contribution in [-0.4, -0.2) is 45.3 Å². The Hall–Kier alpha value is -2.94. The Morgan fingerprint density at radius 2 is 2.07 bits per heavy atom. The average molecular weight is 385 g/mol. The molecule has 3 N–H and O–H groups in total. The maximum absolute atomic E-state index is 12.4. The van der Waals surface area contributed by atoms with Gasteiger partial charge >= 0.3 is 0 Å². The minimum Gasteiger partial charge on any atom is -0.368 e. The molecule has 3 heterocycles.